The van der Waals surface area contributed by atoms with Crippen molar-refractivity contribution in [3.8, 4) is 0 Å². The second-order valence-electron chi connectivity index (χ2n) is 7.17. The predicted octanol–water partition coefficient (Wildman–Crippen LogP) is -0.332. The van der Waals surface area contributed by atoms with Crippen molar-refractivity contribution < 1.29 is 14.4 Å². The number of nitrogens with two attached hydrogens (primary N) is 1. The summed E-state index contributed by atoms with van der Waals surface area (Å²) in [5.41, 5.74) is 5.05. The van der Waals surface area contributed by atoms with E-state index < -0.39 is 12.1 Å². The van der Waals surface area contributed by atoms with E-state index >= 15 is 0 Å². The van der Waals surface area contributed by atoms with Gasteiger partial charge >= 0.3 is 6.03 Å². The lowest BCUT2D eigenvalue weighted by Crippen LogP contribution is -2.54. The van der Waals surface area contributed by atoms with Crippen LogP contribution < -0.4 is 32.3 Å². The maximum Gasteiger partial charge on any atom is 0.312 e. The van der Waals surface area contributed by atoms with E-state index in [2.05, 4.69) is 26.6 Å². The van der Waals surface area contributed by atoms with Gasteiger partial charge in [0.1, 0.15) is 6.04 Å². The second-order valence-corrected chi connectivity index (χ2v) is 7.17. The highest BCUT2D eigenvalue weighted by molar-refractivity contribution is 5.89. The Labute approximate surface area is 163 Å². The summed E-state index contributed by atoms with van der Waals surface area (Å²) in [5.74, 6) is -0.331. The third-order valence-electron chi connectivity index (χ3n) is 3.95. The van der Waals surface area contributed by atoms with E-state index in [9.17, 15) is 14.4 Å². The molecule has 2 atom stereocenters. The Morgan fingerprint density at radius 2 is 1.56 bits per heavy atom. The fourth-order valence-electron chi connectivity index (χ4n) is 2.57. The molecule has 0 rings (SSSR count). The topological polar surface area (TPSA) is 137 Å². The molecule has 0 aliphatic heterocycles. The van der Waals surface area contributed by atoms with Gasteiger partial charge in [-0.15, -0.1) is 0 Å². The molecule has 9 heteroatoms. The second kappa shape index (κ2) is 14.2. The Balaban J connectivity index is 4.76. The Morgan fingerprint density at radius 1 is 0.889 bits per heavy atom. The monoisotopic (exact) mass is 386 g/mol. The summed E-state index contributed by atoms with van der Waals surface area (Å²) >= 11 is 0. The first-order valence-corrected chi connectivity index (χ1v) is 9.77. The summed E-state index contributed by atoms with van der Waals surface area (Å²) in [6, 6.07) is -1.29. The maximum atomic E-state index is 12.6. The van der Waals surface area contributed by atoms with Crippen LogP contribution in [0.25, 0.3) is 0 Å². The number of carbonyl (C=O) groups excluding carboxylic acids is 3. The van der Waals surface area contributed by atoms with E-state index in [0.29, 0.717) is 45.1 Å². The van der Waals surface area contributed by atoms with Gasteiger partial charge in [0.05, 0.1) is 6.04 Å². The van der Waals surface area contributed by atoms with Crippen molar-refractivity contribution >= 4 is 17.8 Å². The van der Waals surface area contributed by atoms with E-state index in [-0.39, 0.29) is 23.8 Å². The lowest BCUT2D eigenvalue weighted by Gasteiger charge is -2.25. The standard InChI is InChI=1S/C18H38N6O3/c1-6-20-15(12(2)3)17(26)24-14(8-7-9-23-18(19)27)16(25)22-11-10-21-13(4)5/h12-15,20-21H,6-11H2,1-5H3,(H,22,25)(H,24,26)(H3,19,23,27)/t14-,15-/m0/s1. The van der Waals surface area contributed by atoms with Gasteiger partial charge in [0.2, 0.25) is 11.8 Å². The van der Waals surface area contributed by atoms with Crippen LogP contribution in [0, 0.1) is 5.92 Å². The molecule has 158 valence electrons. The summed E-state index contributed by atoms with van der Waals surface area (Å²) in [6.07, 6.45) is 0.936. The van der Waals surface area contributed by atoms with Gasteiger partial charge in [-0.25, -0.2) is 4.79 Å². The van der Waals surface area contributed by atoms with Crippen LogP contribution in [-0.2, 0) is 9.59 Å². The highest BCUT2D eigenvalue weighted by Gasteiger charge is 2.26. The number of nitrogens with one attached hydrogen (secondary N) is 5. The predicted molar refractivity (Wildman–Crippen MR) is 107 cm³/mol. The van der Waals surface area contributed by atoms with Crippen molar-refractivity contribution in [2.24, 2.45) is 11.7 Å². The molecule has 27 heavy (non-hydrogen) atoms. The zero-order valence-electron chi connectivity index (χ0n) is 17.4. The molecule has 0 radical (unpaired) electrons. The third kappa shape index (κ3) is 12.2. The van der Waals surface area contributed by atoms with E-state index in [1.165, 1.54) is 0 Å². The van der Waals surface area contributed by atoms with E-state index in [1.54, 1.807) is 0 Å². The molecule has 4 amide bonds. The molecular formula is C18H38N6O3. The molecular weight excluding hydrogens is 348 g/mol. The smallest absolute Gasteiger partial charge is 0.312 e. The Hall–Kier alpha value is -1.87. The van der Waals surface area contributed by atoms with Crippen molar-refractivity contribution in [2.45, 2.75) is 65.6 Å². The molecule has 0 aliphatic carbocycles. The number of hydrogen-bond acceptors (Lipinski definition) is 5. The summed E-state index contributed by atoms with van der Waals surface area (Å²) in [5, 5.41) is 14.5. The van der Waals surface area contributed by atoms with Crippen LogP contribution in [-0.4, -0.2) is 62.2 Å². The number of urea groups is 1. The molecule has 9 nitrogen and oxygen atoms in total. The fraction of sp³-hybridized carbons (Fsp3) is 0.833. The SMILES string of the molecule is CCN[C@H](C(=O)N[C@@H](CCCNC(N)=O)C(=O)NCCNC(C)C)C(C)C. The van der Waals surface area contributed by atoms with Crippen LogP contribution in [0.5, 0.6) is 0 Å². The molecule has 0 aliphatic rings. The highest BCUT2D eigenvalue weighted by atomic mass is 16.2. The number of primary amides is 1. The van der Waals surface area contributed by atoms with Crippen LogP contribution >= 0.6 is 0 Å². The minimum absolute atomic E-state index is 0.0976. The Bertz CT molecular complexity index is 456. The van der Waals surface area contributed by atoms with Gasteiger partial charge in [0.15, 0.2) is 0 Å². The number of rotatable bonds is 14. The van der Waals surface area contributed by atoms with Crippen molar-refractivity contribution in [2.75, 3.05) is 26.2 Å². The number of hydrogen-bond donors (Lipinski definition) is 6. The summed E-state index contributed by atoms with van der Waals surface area (Å²) in [6.45, 7) is 12.0. The van der Waals surface area contributed by atoms with Crippen molar-refractivity contribution in [3.05, 3.63) is 0 Å². The van der Waals surface area contributed by atoms with Crippen LogP contribution in [0.15, 0.2) is 0 Å². The number of likely N-dealkylation sites (N-methyl/N-ethyl adjacent to an activating group) is 1. The van der Waals surface area contributed by atoms with E-state index in [1.807, 2.05) is 34.6 Å². The summed E-state index contributed by atoms with van der Waals surface area (Å²) in [7, 11) is 0. The van der Waals surface area contributed by atoms with Gasteiger partial charge in [-0.3, -0.25) is 9.59 Å². The molecule has 0 unspecified atom stereocenters. The summed E-state index contributed by atoms with van der Waals surface area (Å²) < 4.78 is 0. The van der Waals surface area contributed by atoms with E-state index in [4.69, 9.17) is 5.73 Å². The first kappa shape index (κ1) is 25.1. The lowest BCUT2D eigenvalue weighted by atomic mass is 10.0. The lowest BCUT2D eigenvalue weighted by molar-refractivity contribution is -0.130. The minimum atomic E-state index is -0.661. The fourth-order valence-corrected chi connectivity index (χ4v) is 2.57. The minimum Gasteiger partial charge on any atom is -0.353 e. The van der Waals surface area contributed by atoms with Gasteiger partial charge in [-0.2, -0.15) is 0 Å². The van der Waals surface area contributed by atoms with Crippen LogP contribution in [0.3, 0.4) is 0 Å². The van der Waals surface area contributed by atoms with Crippen LogP contribution in [0.2, 0.25) is 0 Å². The Morgan fingerprint density at radius 3 is 2.07 bits per heavy atom. The largest absolute Gasteiger partial charge is 0.353 e. The Kier molecular flexibility index (Phi) is 13.2. The molecule has 0 saturated heterocycles. The van der Waals surface area contributed by atoms with Crippen LogP contribution in [0.4, 0.5) is 4.79 Å². The normalized spacial score (nSPS) is 13.3. The average molecular weight is 387 g/mol. The quantitative estimate of drug-likeness (QED) is 0.227. The molecule has 0 aromatic carbocycles. The molecule has 0 fully saturated rings. The highest BCUT2D eigenvalue weighted by Crippen LogP contribution is 2.04. The third-order valence-corrected chi connectivity index (χ3v) is 3.95. The molecule has 0 heterocycles. The molecule has 0 aromatic heterocycles. The van der Waals surface area contributed by atoms with Gasteiger partial charge in [0.25, 0.3) is 0 Å². The average Bonchev–Trinajstić information content (AvgIpc) is 2.58. The van der Waals surface area contributed by atoms with E-state index in [0.717, 1.165) is 0 Å². The summed E-state index contributed by atoms with van der Waals surface area (Å²) in [4.78, 5) is 35.9. The molecule has 0 aromatic rings. The van der Waals surface area contributed by atoms with Crippen LogP contribution in [0.1, 0.15) is 47.5 Å². The molecule has 0 bridgehead atoms. The van der Waals surface area contributed by atoms with Crippen molar-refractivity contribution in [1.29, 1.82) is 0 Å². The zero-order chi connectivity index (χ0) is 20.8. The first-order valence-electron chi connectivity index (χ1n) is 9.77. The zero-order valence-corrected chi connectivity index (χ0v) is 17.4. The van der Waals surface area contributed by atoms with Gasteiger partial charge in [-0.05, 0) is 25.3 Å². The number of amides is 4. The molecule has 0 spiro atoms. The van der Waals surface area contributed by atoms with Crippen molar-refractivity contribution in [1.82, 2.24) is 26.6 Å². The number of carbonyl (C=O) groups is 3. The van der Waals surface area contributed by atoms with Gasteiger partial charge < -0.3 is 32.3 Å². The van der Waals surface area contributed by atoms with Gasteiger partial charge in [-0.1, -0.05) is 34.6 Å². The first-order chi connectivity index (χ1) is 12.7. The van der Waals surface area contributed by atoms with Gasteiger partial charge in [0, 0.05) is 25.7 Å². The molecule has 7 N–H and O–H groups in total. The van der Waals surface area contributed by atoms with Crippen molar-refractivity contribution in [3.63, 3.8) is 0 Å². The maximum absolute atomic E-state index is 12.6. The molecule has 0 saturated carbocycles.